The Balaban J connectivity index is 2.70. The van der Waals surface area contributed by atoms with Crippen LogP contribution in [0.25, 0.3) is 0 Å². The average molecular weight is 100 g/mol. The van der Waals surface area contributed by atoms with Crippen LogP contribution in [0, 0.1) is 0 Å². The summed E-state index contributed by atoms with van der Waals surface area (Å²) >= 11 is 2.21. The second kappa shape index (κ2) is 2.57. The van der Waals surface area contributed by atoms with Crippen molar-refractivity contribution in [3.8, 4) is 0 Å². The van der Waals surface area contributed by atoms with Crippen molar-refractivity contribution in [1.29, 1.82) is 0 Å². The van der Waals surface area contributed by atoms with Gasteiger partial charge in [-0.25, -0.2) is 0 Å². The maximum absolute atomic E-state index is 2.23. The predicted octanol–water partition coefficient (Wildman–Crippen LogP) is 1.78. The van der Waals surface area contributed by atoms with Crippen LogP contribution in [0.1, 0.15) is 19.8 Å². The molecule has 0 aromatic rings. The van der Waals surface area contributed by atoms with Gasteiger partial charge in [-0.2, -0.15) is 0 Å². The van der Waals surface area contributed by atoms with Crippen LogP contribution in [-0.2, 0) is 0 Å². The number of rotatable bonds is 1. The van der Waals surface area contributed by atoms with Crippen LogP contribution >= 0.6 is 0 Å². The van der Waals surface area contributed by atoms with Crippen molar-refractivity contribution < 1.29 is 0 Å². The molecule has 0 atom stereocenters. The van der Waals surface area contributed by atoms with Crippen molar-refractivity contribution in [3.63, 3.8) is 0 Å². The molecule has 0 bridgehead atoms. The Morgan fingerprint density at radius 2 is 2.50 bits per heavy atom. The van der Waals surface area contributed by atoms with E-state index in [4.69, 9.17) is 0 Å². The third kappa shape index (κ3) is 1.07. The molecule has 0 aliphatic heterocycles. The molecule has 0 saturated carbocycles. The van der Waals surface area contributed by atoms with Gasteiger partial charge in [-0.15, -0.1) is 0 Å². The van der Waals surface area contributed by atoms with E-state index < -0.39 is 0 Å². The molecule has 0 amide bonds. The van der Waals surface area contributed by atoms with E-state index in [2.05, 4.69) is 36.8 Å². The molecule has 0 radical (unpaired) electrons. The summed E-state index contributed by atoms with van der Waals surface area (Å²) in [6.45, 7) is 2.20. The van der Waals surface area contributed by atoms with Crippen molar-refractivity contribution in [2.75, 3.05) is 0 Å². The summed E-state index contributed by atoms with van der Waals surface area (Å²) in [7, 11) is 0. The van der Waals surface area contributed by atoms with Crippen molar-refractivity contribution in [1.82, 2.24) is 0 Å². The Labute approximate surface area is 59.9 Å². The standard InChI is InChI=1S/C7H9.Li/c1-2-7-5-3-4-6-7;/h3,5H,2,4H2,1H3;. The first-order valence-electron chi connectivity index (χ1n) is 3.19. The average Bonchev–Trinajstić information content (AvgIpc) is 2.14. The van der Waals surface area contributed by atoms with Gasteiger partial charge in [-0.3, -0.25) is 0 Å². The van der Waals surface area contributed by atoms with E-state index in [9.17, 15) is 0 Å². The van der Waals surface area contributed by atoms with E-state index in [0.29, 0.717) is 0 Å². The fourth-order valence-electron chi connectivity index (χ4n) is 1.07. The molecular weight excluding hydrogens is 91.0 g/mol. The third-order valence-electron chi connectivity index (χ3n) is 1.67. The van der Waals surface area contributed by atoms with Gasteiger partial charge in [0.2, 0.25) is 0 Å². The molecule has 38 valence electrons. The summed E-state index contributed by atoms with van der Waals surface area (Å²) < 4.78 is 1.55. The Kier molecular flexibility index (Phi) is 2.00. The second-order valence-corrected chi connectivity index (χ2v) is 2.27. The fraction of sp³-hybridized carbons (Fsp3) is 0.429. The fourth-order valence-corrected chi connectivity index (χ4v) is 1.07. The summed E-state index contributed by atoms with van der Waals surface area (Å²) in [5, 5.41) is 0. The van der Waals surface area contributed by atoms with Crippen molar-refractivity contribution >= 4 is 17.7 Å². The zero-order valence-corrected chi connectivity index (χ0v) is 5.57. The molecular formula is C7H9Li. The van der Waals surface area contributed by atoms with Crippen LogP contribution in [0.2, 0.25) is 0 Å². The normalized spacial score (nSPS) is 18.4. The molecule has 0 saturated heterocycles. The van der Waals surface area contributed by atoms with Crippen molar-refractivity contribution in [3.05, 3.63) is 22.0 Å². The topological polar surface area (TPSA) is 0 Å². The van der Waals surface area contributed by atoms with Crippen LogP contribution < -0.4 is 0 Å². The molecule has 0 aromatic heterocycles. The zero-order chi connectivity index (χ0) is 5.98. The molecule has 0 unspecified atom stereocenters. The number of allylic oxidation sites excluding steroid dienone is 4. The summed E-state index contributed by atoms with van der Waals surface area (Å²) in [4.78, 5) is 0. The molecule has 1 aliphatic carbocycles. The second-order valence-electron chi connectivity index (χ2n) is 2.27. The molecule has 0 aromatic carbocycles. The van der Waals surface area contributed by atoms with Crippen LogP contribution in [0.15, 0.2) is 22.0 Å². The predicted molar refractivity (Wildman–Crippen MR) is 36.8 cm³/mol. The van der Waals surface area contributed by atoms with Gasteiger partial charge < -0.3 is 0 Å². The molecule has 0 heterocycles. The van der Waals surface area contributed by atoms with Crippen molar-refractivity contribution in [2.45, 2.75) is 19.8 Å². The Morgan fingerprint density at radius 1 is 1.75 bits per heavy atom. The molecule has 0 spiro atoms. The van der Waals surface area contributed by atoms with E-state index in [-0.39, 0.29) is 0 Å². The van der Waals surface area contributed by atoms with Crippen LogP contribution in [0.3, 0.4) is 0 Å². The Bertz CT molecular complexity index is 142. The molecule has 0 N–H and O–H groups in total. The molecule has 0 nitrogen and oxygen atoms in total. The first kappa shape index (κ1) is 6.20. The quantitative estimate of drug-likeness (QED) is 0.440. The number of hydrogen-bond acceptors (Lipinski definition) is 0. The van der Waals surface area contributed by atoms with Gasteiger partial charge in [-0.1, -0.05) is 0 Å². The SMILES string of the molecule is [Li][C]1=C(CC)C=CC1. The van der Waals surface area contributed by atoms with E-state index in [0.717, 1.165) is 0 Å². The Hall–Kier alpha value is 0.0774. The molecule has 1 aliphatic rings. The minimum atomic E-state index is 1.18. The van der Waals surface area contributed by atoms with Gasteiger partial charge in [0.1, 0.15) is 0 Å². The van der Waals surface area contributed by atoms with Crippen LogP contribution in [-0.4, -0.2) is 17.7 Å². The van der Waals surface area contributed by atoms with Gasteiger partial charge >= 0.3 is 59.5 Å². The molecule has 1 rings (SSSR count). The monoisotopic (exact) mass is 100 g/mol. The van der Waals surface area contributed by atoms with Gasteiger partial charge in [0.15, 0.2) is 0 Å². The molecule has 1 heteroatoms. The summed E-state index contributed by atoms with van der Waals surface area (Å²) in [6, 6.07) is 0. The minimum absolute atomic E-state index is 1.18. The van der Waals surface area contributed by atoms with Gasteiger partial charge in [-0.05, 0) is 0 Å². The summed E-state index contributed by atoms with van der Waals surface area (Å²) in [6.07, 6.45) is 6.84. The first-order chi connectivity index (χ1) is 3.84. The Morgan fingerprint density at radius 3 is 2.75 bits per heavy atom. The van der Waals surface area contributed by atoms with E-state index in [1.54, 1.807) is 4.25 Å². The summed E-state index contributed by atoms with van der Waals surface area (Å²) in [5.74, 6) is 0. The maximum atomic E-state index is 2.23. The van der Waals surface area contributed by atoms with Crippen molar-refractivity contribution in [2.24, 2.45) is 0 Å². The van der Waals surface area contributed by atoms with Crippen LogP contribution in [0.4, 0.5) is 0 Å². The zero-order valence-electron chi connectivity index (χ0n) is 5.57. The van der Waals surface area contributed by atoms with Gasteiger partial charge in [0.05, 0.1) is 0 Å². The first-order valence-corrected chi connectivity index (χ1v) is 3.19. The summed E-state index contributed by atoms with van der Waals surface area (Å²) in [5.41, 5.74) is 1.53. The van der Waals surface area contributed by atoms with E-state index in [1.165, 1.54) is 18.4 Å². The van der Waals surface area contributed by atoms with E-state index in [1.807, 2.05) is 0 Å². The van der Waals surface area contributed by atoms with Gasteiger partial charge in [0.25, 0.3) is 0 Å². The number of hydrogen-bond donors (Lipinski definition) is 0. The van der Waals surface area contributed by atoms with Gasteiger partial charge in [0, 0.05) is 0 Å². The van der Waals surface area contributed by atoms with E-state index >= 15 is 0 Å². The molecule has 8 heavy (non-hydrogen) atoms. The third-order valence-corrected chi connectivity index (χ3v) is 1.67. The van der Waals surface area contributed by atoms with Crippen LogP contribution in [0.5, 0.6) is 0 Å². The molecule has 0 fully saturated rings.